The van der Waals surface area contributed by atoms with Crippen molar-refractivity contribution >= 4 is 28.9 Å². The molecule has 4 nitrogen and oxygen atoms in total. The van der Waals surface area contributed by atoms with Gasteiger partial charge in [0.2, 0.25) is 0 Å². The SMILES string of the molecule is Cc1cc(C)c(/C=C2\C(=O)N(Cc3cccc(F)c3)c3ccc(N)cc32)[nH]1. The fourth-order valence-corrected chi connectivity index (χ4v) is 3.53. The van der Waals surface area contributed by atoms with E-state index in [9.17, 15) is 9.18 Å². The number of carbonyl (C=O) groups excluding carboxylic acids is 1. The third-order valence-corrected chi connectivity index (χ3v) is 4.79. The number of nitrogens with one attached hydrogen (secondary N) is 1. The van der Waals surface area contributed by atoms with E-state index in [1.807, 2.05) is 44.2 Å². The van der Waals surface area contributed by atoms with Crippen molar-refractivity contribution in [2.45, 2.75) is 20.4 Å². The highest BCUT2D eigenvalue weighted by Crippen LogP contribution is 2.40. The van der Waals surface area contributed by atoms with E-state index in [0.29, 0.717) is 17.8 Å². The van der Waals surface area contributed by atoms with E-state index >= 15 is 0 Å². The molecular formula is C22H20FN3O. The van der Waals surface area contributed by atoms with Gasteiger partial charge >= 0.3 is 0 Å². The van der Waals surface area contributed by atoms with Crippen molar-refractivity contribution in [1.82, 2.24) is 4.98 Å². The first-order valence-corrected chi connectivity index (χ1v) is 8.76. The molecule has 0 unspecified atom stereocenters. The number of nitrogens with two attached hydrogens (primary N) is 1. The Balaban J connectivity index is 1.79. The van der Waals surface area contributed by atoms with Crippen LogP contribution in [0.15, 0.2) is 48.5 Å². The second kappa shape index (κ2) is 6.43. The monoisotopic (exact) mass is 361 g/mol. The fraction of sp³-hybridized carbons (Fsp3) is 0.136. The van der Waals surface area contributed by atoms with Crippen LogP contribution in [0.3, 0.4) is 0 Å². The van der Waals surface area contributed by atoms with Crippen LogP contribution in [0.2, 0.25) is 0 Å². The Kier molecular flexibility index (Phi) is 4.07. The Morgan fingerprint density at radius 2 is 1.96 bits per heavy atom. The normalized spacial score (nSPS) is 14.9. The van der Waals surface area contributed by atoms with E-state index in [2.05, 4.69) is 4.98 Å². The van der Waals surface area contributed by atoms with E-state index in [-0.39, 0.29) is 11.7 Å². The first kappa shape index (κ1) is 17.1. The van der Waals surface area contributed by atoms with Crippen molar-refractivity contribution in [2.75, 3.05) is 10.6 Å². The molecule has 27 heavy (non-hydrogen) atoms. The highest BCUT2D eigenvalue weighted by molar-refractivity contribution is 6.35. The fourth-order valence-electron chi connectivity index (χ4n) is 3.53. The molecule has 0 saturated carbocycles. The van der Waals surface area contributed by atoms with Crippen molar-refractivity contribution in [3.8, 4) is 0 Å². The molecule has 0 fully saturated rings. The van der Waals surface area contributed by atoms with Crippen LogP contribution in [0.5, 0.6) is 0 Å². The van der Waals surface area contributed by atoms with Gasteiger partial charge in [-0.1, -0.05) is 12.1 Å². The zero-order valence-electron chi connectivity index (χ0n) is 15.2. The van der Waals surface area contributed by atoms with E-state index in [0.717, 1.165) is 33.8 Å². The van der Waals surface area contributed by atoms with E-state index < -0.39 is 0 Å². The lowest BCUT2D eigenvalue weighted by Gasteiger charge is -2.17. The van der Waals surface area contributed by atoms with Crippen LogP contribution in [0, 0.1) is 19.7 Å². The van der Waals surface area contributed by atoms with Crippen molar-refractivity contribution < 1.29 is 9.18 Å². The van der Waals surface area contributed by atoms with E-state index in [1.165, 1.54) is 12.1 Å². The zero-order valence-corrected chi connectivity index (χ0v) is 15.2. The summed E-state index contributed by atoms with van der Waals surface area (Å²) >= 11 is 0. The molecule has 2 aromatic carbocycles. The number of rotatable bonds is 3. The summed E-state index contributed by atoms with van der Waals surface area (Å²) in [7, 11) is 0. The number of fused-ring (bicyclic) bond motifs is 1. The molecule has 2 heterocycles. The van der Waals surface area contributed by atoms with Gasteiger partial charge in [0.15, 0.2) is 0 Å². The molecule has 1 aromatic heterocycles. The summed E-state index contributed by atoms with van der Waals surface area (Å²) in [5, 5.41) is 0. The number of H-pyrrole nitrogens is 1. The van der Waals surface area contributed by atoms with E-state index in [4.69, 9.17) is 5.73 Å². The number of hydrogen-bond donors (Lipinski definition) is 2. The number of carbonyl (C=O) groups is 1. The molecule has 3 aromatic rings. The van der Waals surface area contributed by atoms with Crippen molar-refractivity contribution in [3.63, 3.8) is 0 Å². The largest absolute Gasteiger partial charge is 0.399 e. The van der Waals surface area contributed by atoms with Crippen molar-refractivity contribution in [3.05, 3.63) is 82.4 Å². The Morgan fingerprint density at radius 1 is 1.15 bits per heavy atom. The molecule has 1 amide bonds. The molecule has 0 radical (unpaired) electrons. The number of hydrogen-bond acceptors (Lipinski definition) is 2. The molecule has 3 N–H and O–H groups in total. The topological polar surface area (TPSA) is 62.1 Å². The quantitative estimate of drug-likeness (QED) is 0.535. The average molecular weight is 361 g/mol. The molecule has 5 heteroatoms. The lowest BCUT2D eigenvalue weighted by atomic mass is 10.0. The van der Waals surface area contributed by atoms with Gasteiger partial charge in [0.1, 0.15) is 5.82 Å². The number of anilines is 2. The van der Waals surface area contributed by atoms with Crippen molar-refractivity contribution in [2.24, 2.45) is 0 Å². The minimum atomic E-state index is -0.315. The molecule has 0 bridgehead atoms. The summed E-state index contributed by atoms with van der Waals surface area (Å²) in [4.78, 5) is 18.1. The smallest absolute Gasteiger partial charge is 0.259 e. The number of aromatic nitrogens is 1. The van der Waals surface area contributed by atoms with Crippen LogP contribution in [0.25, 0.3) is 11.6 Å². The van der Waals surface area contributed by atoms with Crippen LogP contribution < -0.4 is 10.6 Å². The van der Waals surface area contributed by atoms with Crippen LogP contribution in [0.4, 0.5) is 15.8 Å². The summed E-state index contributed by atoms with van der Waals surface area (Å²) in [6, 6.07) is 13.8. The van der Waals surface area contributed by atoms with Gasteiger partial charge in [-0.05, 0) is 67.4 Å². The summed E-state index contributed by atoms with van der Waals surface area (Å²) in [5.41, 5.74) is 12.5. The predicted octanol–water partition coefficient (Wildman–Crippen LogP) is 4.44. The van der Waals surface area contributed by atoms with Crippen LogP contribution in [-0.2, 0) is 11.3 Å². The zero-order chi connectivity index (χ0) is 19.1. The van der Waals surface area contributed by atoms with Gasteiger partial charge in [-0.2, -0.15) is 0 Å². The number of nitrogens with zero attached hydrogens (tertiary/aromatic N) is 1. The summed E-state index contributed by atoms with van der Waals surface area (Å²) in [6.45, 7) is 4.28. The lowest BCUT2D eigenvalue weighted by molar-refractivity contribution is -0.113. The maximum Gasteiger partial charge on any atom is 0.259 e. The molecule has 1 aliphatic rings. The molecule has 136 valence electrons. The lowest BCUT2D eigenvalue weighted by Crippen LogP contribution is -2.25. The number of aromatic amines is 1. The minimum absolute atomic E-state index is 0.119. The third-order valence-electron chi connectivity index (χ3n) is 4.79. The standard InChI is InChI=1S/C22H20FN3O/c1-13-8-14(2)25-20(13)11-19-18-10-17(24)6-7-21(18)26(22(19)27)12-15-4-3-5-16(23)9-15/h3-11,25H,12,24H2,1-2H3/b19-11-. The highest BCUT2D eigenvalue weighted by Gasteiger charge is 2.32. The van der Waals surface area contributed by atoms with Crippen LogP contribution in [0.1, 0.15) is 28.1 Å². The minimum Gasteiger partial charge on any atom is -0.399 e. The van der Waals surface area contributed by atoms with Gasteiger partial charge in [-0.15, -0.1) is 0 Å². The Morgan fingerprint density at radius 3 is 2.67 bits per heavy atom. The molecule has 0 spiro atoms. The number of amides is 1. The predicted molar refractivity (Wildman–Crippen MR) is 107 cm³/mol. The van der Waals surface area contributed by atoms with Gasteiger partial charge < -0.3 is 15.6 Å². The summed E-state index contributed by atoms with van der Waals surface area (Å²) in [6.07, 6.45) is 1.87. The number of halogens is 1. The van der Waals surface area contributed by atoms with Gasteiger partial charge in [-0.25, -0.2) is 4.39 Å². The van der Waals surface area contributed by atoms with E-state index in [1.54, 1.807) is 17.0 Å². The van der Waals surface area contributed by atoms with Crippen LogP contribution in [-0.4, -0.2) is 10.9 Å². The molecule has 0 aliphatic carbocycles. The number of nitrogen functional groups attached to an aromatic ring is 1. The third kappa shape index (κ3) is 3.12. The Bertz CT molecular complexity index is 1080. The molecule has 4 rings (SSSR count). The maximum absolute atomic E-state index is 13.6. The number of aryl methyl sites for hydroxylation is 2. The van der Waals surface area contributed by atoms with Gasteiger partial charge in [0.25, 0.3) is 5.91 Å². The summed E-state index contributed by atoms with van der Waals surface area (Å²) in [5.74, 6) is -0.434. The van der Waals surface area contributed by atoms with Gasteiger partial charge in [-0.3, -0.25) is 4.79 Å². The van der Waals surface area contributed by atoms with Crippen LogP contribution >= 0.6 is 0 Å². The average Bonchev–Trinajstić information content (AvgIpc) is 3.06. The van der Waals surface area contributed by atoms with Gasteiger partial charge in [0.05, 0.1) is 17.8 Å². The first-order valence-electron chi connectivity index (χ1n) is 8.76. The molecule has 1 aliphatic heterocycles. The molecule has 0 saturated heterocycles. The second-order valence-corrected chi connectivity index (χ2v) is 6.90. The highest BCUT2D eigenvalue weighted by atomic mass is 19.1. The first-order chi connectivity index (χ1) is 12.9. The number of benzene rings is 2. The van der Waals surface area contributed by atoms with Crippen molar-refractivity contribution in [1.29, 1.82) is 0 Å². The van der Waals surface area contributed by atoms with Gasteiger partial charge in [0, 0.05) is 22.6 Å². The Labute approximate surface area is 157 Å². The Hall–Kier alpha value is -3.34. The second-order valence-electron chi connectivity index (χ2n) is 6.90. The molecule has 0 atom stereocenters. The maximum atomic E-state index is 13.6. The molecular weight excluding hydrogens is 341 g/mol. The summed E-state index contributed by atoms with van der Waals surface area (Å²) < 4.78 is 13.6.